The molecule has 0 radical (unpaired) electrons. The fraction of sp³-hybridized carbons (Fsp3) is 0.818. The maximum atomic E-state index is 13.5. The summed E-state index contributed by atoms with van der Waals surface area (Å²) in [4.78, 5) is 40.0. The minimum Gasteiger partial charge on any atom is -0.756 e. The summed E-state index contributed by atoms with van der Waals surface area (Å²) in [6.45, 7) is 6.81. The van der Waals surface area contributed by atoms with Crippen molar-refractivity contribution < 1.29 is 37.3 Å². The maximum Gasteiger partial charge on any atom is 0.306 e. The molecule has 444 valence electrons. The smallest absolute Gasteiger partial charge is 0.306 e. The lowest BCUT2D eigenvalue weighted by atomic mass is 10.0. The van der Waals surface area contributed by atoms with Gasteiger partial charge in [0.15, 0.2) is 0 Å². The zero-order valence-corrected chi connectivity index (χ0v) is 51.6. The Hall–Kier alpha value is -2.29. The molecule has 1 N–H and O–H groups in total. The van der Waals surface area contributed by atoms with Crippen molar-refractivity contribution in [3.63, 3.8) is 0 Å². The lowest BCUT2D eigenvalue weighted by Crippen LogP contribution is -2.47. The van der Waals surface area contributed by atoms with Gasteiger partial charge in [0.1, 0.15) is 19.3 Å². The predicted octanol–water partition coefficient (Wildman–Crippen LogP) is 19.2. The van der Waals surface area contributed by atoms with E-state index in [0.29, 0.717) is 17.4 Å². The lowest BCUT2D eigenvalue weighted by Gasteiger charge is -2.30. The Bertz CT molecular complexity index is 1490. The molecule has 0 spiro atoms. The topological polar surface area (TPSA) is 114 Å². The first-order chi connectivity index (χ1) is 36.9. The number of nitrogens with zero attached hydrogens (tertiary/aromatic N) is 1. The first-order valence-corrected chi connectivity index (χ1v) is 33.6. The lowest BCUT2D eigenvalue weighted by molar-refractivity contribution is -0.870. The molecule has 9 nitrogen and oxygen atoms in total. The zero-order chi connectivity index (χ0) is 55.7. The molecule has 0 saturated carbocycles. The second-order valence-electron chi connectivity index (χ2n) is 22.9. The number of unbranched alkanes of at least 4 members (excludes halogenated alkanes) is 34. The van der Waals surface area contributed by atoms with Crippen LogP contribution < -0.4 is 10.2 Å². The van der Waals surface area contributed by atoms with Gasteiger partial charge in [-0.25, -0.2) is 0 Å². The number of carbonyl (C=O) groups excluding carboxylic acids is 2. The van der Waals surface area contributed by atoms with E-state index < -0.39 is 26.6 Å². The summed E-state index contributed by atoms with van der Waals surface area (Å²) < 4.78 is 30.3. The van der Waals surface area contributed by atoms with Crippen LogP contribution in [0.4, 0.5) is 0 Å². The van der Waals surface area contributed by atoms with Crippen molar-refractivity contribution in [1.82, 2.24) is 5.32 Å². The number of rotatable bonds is 58. The summed E-state index contributed by atoms with van der Waals surface area (Å²) in [5, 5.41) is 3.03. The van der Waals surface area contributed by atoms with E-state index in [9.17, 15) is 19.0 Å². The number of esters is 1. The number of hydrogen-bond acceptors (Lipinski definition) is 7. The van der Waals surface area contributed by atoms with Gasteiger partial charge in [-0.15, -0.1) is 0 Å². The molecule has 0 aromatic heterocycles. The van der Waals surface area contributed by atoms with E-state index in [0.717, 1.165) is 83.5 Å². The molecule has 0 aromatic rings. The van der Waals surface area contributed by atoms with Gasteiger partial charge < -0.3 is 28.5 Å². The van der Waals surface area contributed by atoms with Crippen molar-refractivity contribution >= 4 is 19.7 Å². The quantitative estimate of drug-likeness (QED) is 0.0212. The number of quaternary nitrogens is 1. The van der Waals surface area contributed by atoms with Crippen molar-refractivity contribution in [2.24, 2.45) is 0 Å². The Morgan fingerprint density at radius 3 is 1.21 bits per heavy atom. The van der Waals surface area contributed by atoms with E-state index in [-0.39, 0.29) is 24.9 Å². The van der Waals surface area contributed by atoms with E-state index in [2.05, 4.69) is 74.7 Å². The minimum atomic E-state index is -4.70. The van der Waals surface area contributed by atoms with E-state index in [4.69, 9.17) is 13.8 Å². The number of allylic oxidation sites excluding steroid dienone is 9. The molecule has 0 aliphatic carbocycles. The van der Waals surface area contributed by atoms with Crippen LogP contribution in [0.3, 0.4) is 0 Å². The molecular formula is C66H123N2O7P. The van der Waals surface area contributed by atoms with Crippen LogP contribution in [0.1, 0.15) is 297 Å². The normalized spacial score (nSPS) is 14.0. The summed E-state index contributed by atoms with van der Waals surface area (Å²) in [6, 6.07) is -0.893. The number of amides is 1. The summed E-state index contributed by atoms with van der Waals surface area (Å²) in [5.41, 5.74) is 0. The highest BCUT2D eigenvalue weighted by Crippen LogP contribution is 2.38. The van der Waals surface area contributed by atoms with Crippen LogP contribution in [0.5, 0.6) is 0 Å². The predicted molar refractivity (Wildman–Crippen MR) is 325 cm³/mol. The van der Waals surface area contributed by atoms with Gasteiger partial charge >= 0.3 is 5.97 Å². The average molecular weight is 1090 g/mol. The third-order valence-electron chi connectivity index (χ3n) is 14.2. The van der Waals surface area contributed by atoms with Crippen LogP contribution in [0.15, 0.2) is 60.8 Å². The van der Waals surface area contributed by atoms with Gasteiger partial charge in [0, 0.05) is 12.8 Å². The molecule has 10 heteroatoms. The molecule has 0 fully saturated rings. The fourth-order valence-corrected chi connectivity index (χ4v) is 9.89. The van der Waals surface area contributed by atoms with Crippen molar-refractivity contribution in [1.29, 1.82) is 0 Å². The van der Waals surface area contributed by atoms with Gasteiger partial charge in [-0.3, -0.25) is 14.2 Å². The van der Waals surface area contributed by atoms with Gasteiger partial charge in [-0.1, -0.05) is 249 Å². The van der Waals surface area contributed by atoms with Crippen LogP contribution in [0.25, 0.3) is 0 Å². The van der Waals surface area contributed by atoms with Crippen LogP contribution in [-0.2, 0) is 27.9 Å². The van der Waals surface area contributed by atoms with E-state index in [1.54, 1.807) is 0 Å². The number of phosphoric acid groups is 1. The molecule has 0 aliphatic heterocycles. The monoisotopic (exact) mass is 1090 g/mol. The fourth-order valence-electron chi connectivity index (χ4n) is 9.17. The standard InChI is InChI=1S/C66H123N2O7P/c1-7-10-13-16-19-22-25-28-30-32-33-34-35-37-38-40-43-46-49-52-55-58-65(69)67-63(62-74-76(71,72)73-61-60-68(4,5)6)64(57-54-51-48-45-42-27-24-21-18-15-12-9-3)75-66(70)59-56-53-50-47-44-41-39-36-31-29-26-23-20-17-14-11-8-2/h19-20,22-23,28-31,54,57,63-64H,7-18,21,24-27,32-53,55-56,58-62H2,1-6H3,(H-,67,69,71,72)/b22-19-,23-20-,30-28-,31-29-,57-54-. The number of ether oxygens (including phenoxy) is 1. The molecule has 3 atom stereocenters. The van der Waals surface area contributed by atoms with Gasteiger partial charge in [-0.05, 0) is 96.0 Å². The molecular weight excluding hydrogens is 964 g/mol. The largest absolute Gasteiger partial charge is 0.756 e. The van der Waals surface area contributed by atoms with Gasteiger partial charge in [0.2, 0.25) is 5.91 Å². The summed E-state index contributed by atoms with van der Waals surface area (Å²) in [7, 11) is 1.18. The van der Waals surface area contributed by atoms with Crippen molar-refractivity contribution in [2.75, 3.05) is 40.9 Å². The molecule has 0 heterocycles. The first kappa shape index (κ1) is 73.7. The molecule has 3 unspecified atom stereocenters. The third kappa shape index (κ3) is 56.4. The van der Waals surface area contributed by atoms with Crippen molar-refractivity contribution in [2.45, 2.75) is 309 Å². The van der Waals surface area contributed by atoms with Crippen LogP contribution in [0, 0.1) is 0 Å². The SMILES string of the molecule is CCCCC/C=C\C/C=C\CCCCCCCCCCCCCC(=O)NC(COP(=O)([O-])OCC[N+](C)(C)C)C(/C=C\CCCCCCCCCCCC)OC(=O)CCCCCCCCC/C=C\C/C=C\CCCCC. The Kier molecular flexibility index (Phi) is 54.3. The molecule has 0 bridgehead atoms. The van der Waals surface area contributed by atoms with E-state index in [1.165, 1.54) is 180 Å². The highest BCUT2D eigenvalue weighted by molar-refractivity contribution is 7.45. The molecule has 0 aromatic carbocycles. The van der Waals surface area contributed by atoms with Crippen molar-refractivity contribution in [3.8, 4) is 0 Å². The molecule has 76 heavy (non-hydrogen) atoms. The molecule has 1 amide bonds. The Balaban J connectivity index is 5.21. The third-order valence-corrected chi connectivity index (χ3v) is 15.1. The number of nitrogens with one attached hydrogen (secondary N) is 1. The van der Waals surface area contributed by atoms with E-state index >= 15 is 0 Å². The first-order valence-electron chi connectivity index (χ1n) is 32.1. The number of likely N-dealkylation sites (N-methyl/N-ethyl adjacent to an activating group) is 1. The Labute approximate surface area is 471 Å². The van der Waals surface area contributed by atoms with E-state index in [1.807, 2.05) is 33.3 Å². The molecule has 0 saturated heterocycles. The van der Waals surface area contributed by atoms with Crippen molar-refractivity contribution in [3.05, 3.63) is 60.8 Å². The van der Waals surface area contributed by atoms with Crippen LogP contribution in [0.2, 0.25) is 0 Å². The minimum absolute atomic E-state index is 0.0247. The highest BCUT2D eigenvalue weighted by atomic mass is 31.2. The second-order valence-corrected chi connectivity index (χ2v) is 24.3. The number of carbonyl (C=O) groups is 2. The van der Waals surface area contributed by atoms with Crippen LogP contribution >= 0.6 is 7.82 Å². The Morgan fingerprint density at radius 2 is 0.803 bits per heavy atom. The van der Waals surface area contributed by atoms with Gasteiger partial charge in [0.05, 0.1) is 33.8 Å². The zero-order valence-electron chi connectivity index (χ0n) is 50.7. The molecule has 0 aliphatic rings. The molecule has 0 rings (SSSR count). The summed E-state index contributed by atoms with van der Waals surface area (Å²) in [5.74, 6) is -0.546. The maximum absolute atomic E-state index is 13.5. The summed E-state index contributed by atoms with van der Waals surface area (Å²) >= 11 is 0. The number of hydrogen-bond donors (Lipinski definition) is 1. The second kappa shape index (κ2) is 56.0. The van der Waals surface area contributed by atoms with Gasteiger partial charge in [0.25, 0.3) is 7.82 Å². The number of phosphoric ester groups is 1. The summed E-state index contributed by atoms with van der Waals surface area (Å²) in [6.07, 6.45) is 70.4. The van der Waals surface area contributed by atoms with Crippen LogP contribution in [-0.4, -0.2) is 69.4 Å². The highest BCUT2D eigenvalue weighted by Gasteiger charge is 2.27. The Morgan fingerprint density at radius 1 is 0.461 bits per heavy atom. The van der Waals surface area contributed by atoms with Gasteiger partial charge in [-0.2, -0.15) is 0 Å². The average Bonchev–Trinajstić information content (AvgIpc) is 3.38.